The minimum absolute atomic E-state index is 0.121. The summed E-state index contributed by atoms with van der Waals surface area (Å²) in [5.41, 5.74) is 2.68. The van der Waals surface area contributed by atoms with Crippen LogP contribution in [0.5, 0.6) is 0 Å². The summed E-state index contributed by atoms with van der Waals surface area (Å²) < 4.78 is 0. The number of halogens is 1. The van der Waals surface area contributed by atoms with Gasteiger partial charge in [-0.1, -0.05) is 48.0 Å². The van der Waals surface area contributed by atoms with E-state index in [0.29, 0.717) is 22.0 Å². The third-order valence-electron chi connectivity index (χ3n) is 5.28. The smallest absolute Gasteiger partial charge is 0.272 e. The first-order valence-corrected chi connectivity index (χ1v) is 13.8. The van der Waals surface area contributed by atoms with Crippen LogP contribution < -0.4 is 16.0 Å². The largest absolute Gasteiger partial charge is 0.325 e. The number of hydrogen-bond acceptors (Lipinski definition) is 5. The maximum absolute atomic E-state index is 13.2. The number of benzene rings is 3. The molecule has 0 radical (unpaired) electrons. The number of rotatable bonds is 9. The number of nitrogens with one attached hydrogen (secondary N) is 3. The SMILES string of the molecule is Cc1ccc(NC(=O)CSc2cccc(NC(=O)/C(=C/c3cccs3)NC(=O)c3ccccc3)c2)cc1Cl. The topological polar surface area (TPSA) is 87.3 Å². The number of hydrogen-bond donors (Lipinski definition) is 3. The number of carbonyl (C=O) groups is 3. The van der Waals surface area contributed by atoms with Crippen molar-refractivity contribution in [2.75, 3.05) is 16.4 Å². The van der Waals surface area contributed by atoms with Crippen LogP contribution in [0.2, 0.25) is 5.02 Å². The zero-order chi connectivity index (χ0) is 26.9. The average molecular weight is 562 g/mol. The van der Waals surface area contributed by atoms with Crippen molar-refractivity contribution in [3.63, 3.8) is 0 Å². The number of amides is 3. The fourth-order valence-electron chi connectivity index (χ4n) is 3.34. The van der Waals surface area contributed by atoms with Gasteiger partial charge in [0.05, 0.1) is 5.75 Å². The summed E-state index contributed by atoms with van der Waals surface area (Å²) >= 11 is 8.92. The molecular weight excluding hydrogens is 538 g/mol. The fraction of sp³-hybridized carbons (Fsp3) is 0.0690. The Morgan fingerprint density at radius 1 is 0.895 bits per heavy atom. The Bertz CT molecular complexity index is 1470. The van der Waals surface area contributed by atoms with Crippen LogP contribution >= 0.6 is 34.7 Å². The second-order valence-corrected chi connectivity index (χ2v) is 10.6. The lowest BCUT2D eigenvalue weighted by Gasteiger charge is -2.12. The van der Waals surface area contributed by atoms with E-state index in [9.17, 15) is 14.4 Å². The number of aryl methyl sites for hydroxylation is 1. The number of thioether (sulfide) groups is 1. The van der Waals surface area contributed by atoms with Crippen molar-refractivity contribution in [2.24, 2.45) is 0 Å². The summed E-state index contributed by atoms with van der Waals surface area (Å²) in [5.74, 6) is -0.832. The highest BCUT2D eigenvalue weighted by Crippen LogP contribution is 2.24. The first-order chi connectivity index (χ1) is 18.4. The highest BCUT2D eigenvalue weighted by atomic mass is 35.5. The molecule has 0 bridgehead atoms. The molecule has 0 unspecified atom stereocenters. The molecule has 0 saturated carbocycles. The second-order valence-electron chi connectivity index (χ2n) is 8.18. The van der Waals surface area contributed by atoms with E-state index in [1.165, 1.54) is 23.1 Å². The van der Waals surface area contributed by atoms with E-state index in [2.05, 4.69) is 16.0 Å². The Morgan fingerprint density at radius 2 is 1.68 bits per heavy atom. The summed E-state index contributed by atoms with van der Waals surface area (Å²) in [6.45, 7) is 1.90. The second kappa shape index (κ2) is 13.1. The average Bonchev–Trinajstić information content (AvgIpc) is 3.43. The zero-order valence-corrected chi connectivity index (χ0v) is 22.8. The van der Waals surface area contributed by atoms with Crippen molar-refractivity contribution < 1.29 is 14.4 Å². The first-order valence-electron chi connectivity index (χ1n) is 11.6. The van der Waals surface area contributed by atoms with Crippen LogP contribution in [-0.2, 0) is 9.59 Å². The van der Waals surface area contributed by atoms with Gasteiger partial charge in [-0.05, 0) is 72.5 Å². The van der Waals surface area contributed by atoms with Gasteiger partial charge in [0.1, 0.15) is 5.70 Å². The van der Waals surface area contributed by atoms with Crippen LogP contribution in [0.1, 0.15) is 20.8 Å². The molecule has 1 heterocycles. The predicted molar refractivity (Wildman–Crippen MR) is 157 cm³/mol. The molecule has 0 aliphatic rings. The molecule has 0 spiro atoms. The van der Waals surface area contributed by atoms with Crippen molar-refractivity contribution in [2.45, 2.75) is 11.8 Å². The van der Waals surface area contributed by atoms with Gasteiger partial charge in [-0.25, -0.2) is 0 Å². The van der Waals surface area contributed by atoms with E-state index in [1.807, 2.05) is 42.6 Å². The minimum Gasteiger partial charge on any atom is -0.325 e. The van der Waals surface area contributed by atoms with Gasteiger partial charge in [0.15, 0.2) is 0 Å². The molecule has 1 aromatic heterocycles. The lowest BCUT2D eigenvalue weighted by molar-refractivity contribution is -0.114. The van der Waals surface area contributed by atoms with Crippen LogP contribution in [0.3, 0.4) is 0 Å². The van der Waals surface area contributed by atoms with E-state index in [0.717, 1.165) is 15.3 Å². The van der Waals surface area contributed by atoms with Crippen molar-refractivity contribution in [3.8, 4) is 0 Å². The first kappa shape index (κ1) is 27.2. The summed E-state index contributed by atoms with van der Waals surface area (Å²) in [6.07, 6.45) is 1.64. The Morgan fingerprint density at radius 3 is 2.42 bits per heavy atom. The monoisotopic (exact) mass is 561 g/mol. The summed E-state index contributed by atoms with van der Waals surface area (Å²) in [7, 11) is 0. The summed E-state index contributed by atoms with van der Waals surface area (Å²) in [6, 6.07) is 25.0. The van der Waals surface area contributed by atoms with Crippen molar-refractivity contribution >= 4 is 69.9 Å². The van der Waals surface area contributed by atoms with Gasteiger partial charge >= 0.3 is 0 Å². The molecule has 0 fully saturated rings. The fourth-order valence-corrected chi connectivity index (χ4v) is 4.93. The molecule has 3 aromatic carbocycles. The molecule has 4 rings (SSSR count). The lowest BCUT2D eigenvalue weighted by atomic mass is 10.2. The van der Waals surface area contributed by atoms with Crippen LogP contribution in [-0.4, -0.2) is 23.5 Å². The lowest BCUT2D eigenvalue weighted by Crippen LogP contribution is -2.30. The van der Waals surface area contributed by atoms with Crippen molar-refractivity contribution in [3.05, 3.63) is 117 Å². The predicted octanol–water partition coefficient (Wildman–Crippen LogP) is 6.85. The van der Waals surface area contributed by atoms with E-state index >= 15 is 0 Å². The Kier molecular flexibility index (Phi) is 9.37. The number of carbonyl (C=O) groups excluding carboxylic acids is 3. The van der Waals surface area contributed by atoms with Gasteiger partial charge in [-0.2, -0.15) is 0 Å². The standard InChI is InChI=1S/C29H24ClN3O3S2/c1-19-12-13-22(16-25(19)30)31-27(34)18-38-23-10-5-9-21(15-23)32-29(36)26(17-24-11-6-14-37-24)33-28(35)20-7-3-2-4-8-20/h2-17H,18H2,1H3,(H,31,34)(H,32,36)(H,33,35)/b26-17-. The maximum atomic E-state index is 13.2. The Labute approximate surface area is 234 Å². The quantitative estimate of drug-likeness (QED) is 0.154. The summed E-state index contributed by atoms with van der Waals surface area (Å²) in [4.78, 5) is 39.9. The minimum atomic E-state index is -0.459. The molecule has 0 atom stereocenters. The van der Waals surface area contributed by atoms with Crippen LogP contribution in [0, 0.1) is 6.92 Å². The number of thiophene rings is 1. The van der Waals surface area contributed by atoms with Gasteiger partial charge in [-0.15, -0.1) is 23.1 Å². The van der Waals surface area contributed by atoms with Crippen molar-refractivity contribution in [1.29, 1.82) is 0 Å². The highest BCUT2D eigenvalue weighted by molar-refractivity contribution is 8.00. The van der Waals surface area contributed by atoms with Gasteiger partial charge in [0.25, 0.3) is 11.8 Å². The van der Waals surface area contributed by atoms with E-state index in [4.69, 9.17) is 11.6 Å². The molecule has 4 aromatic rings. The number of anilines is 2. The molecule has 0 aliphatic carbocycles. The van der Waals surface area contributed by atoms with Gasteiger partial charge < -0.3 is 16.0 Å². The zero-order valence-electron chi connectivity index (χ0n) is 20.4. The van der Waals surface area contributed by atoms with Gasteiger partial charge in [-0.3, -0.25) is 14.4 Å². The van der Waals surface area contributed by atoms with Crippen LogP contribution in [0.15, 0.2) is 101 Å². The molecule has 6 nitrogen and oxygen atoms in total. The van der Waals surface area contributed by atoms with Gasteiger partial charge in [0.2, 0.25) is 5.91 Å². The maximum Gasteiger partial charge on any atom is 0.272 e. The van der Waals surface area contributed by atoms with E-state index < -0.39 is 5.91 Å². The third-order valence-corrected chi connectivity index (χ3v) is 7.50. The Hall–Kier alpha value is -3.85. The molecule has 0 saturated heterocycles. The van der Waals surface area contributed by atoms with E-state index in [1.54, 1.807) is 60.7 Å². The van der Waals surface area contributed by atoms with Crippen LogP contribution in [0.4, 0.5) is 11.4 Å². The third kappa shape index (κ3) is 7.82. The molecular formula is C29H24ClN3O3S2. The molecule has 38 heavy (non-hydrogen) atoms. The van der Waals surface area contributed by atoms with E-state index in [-0.39, 0.29) is 23.3 Å². The molecule has 3 N–H and O–H groups in total. The molecule has 192 valence electrons. The molecule has 3 amide bonds. The Balaban J connectivity index is 1.40. The highest BCUT2D eigenvalue weighted by Gasteiger charge is 2.16. The summed E-state index contributed by atoms with van der Waals surface area (Å²) in [5, 5.41) is 10.9. The van der Waals surface area contributed by atoms with Crippen molar-refractivity contribution in [1.82, 2.24) is 5.32 Å². The normalized spacial score (nSPS) is 11.1. The van der Waals surface area contributed by atoms with Gasteiger partial charge in [0, 0.05) is 31.7 Å². The molecule has 0 aliphatic heterocycles. The van der Waals surface area contributed by atoms with Crippen LogP contribution in [0.25, 0.3) is 6.08 Å². The molecule has 9 heteroatoms.